The largest absolute Gasteiger partial charge is 0.460 e. The van der Waals surface area contributed by atoms with Crippen molar-refractivity contribution < 1.29 is 17.9 Å². The number of hydrogen-bond donors (Lipinski definition) is 2. The summed E-state index contributed by atoms with van der Waals surface area (Å²) >= 11 is 0. The maximum absolute atomic E-state index is 13.1. The third kappa shape index (κ3) is 5.29. The van der Waals surface area contributed by atoms with Gasteiger partial charge in [-0.05, 0) is 63.4 Å². The molecule has 2 unspecified atom stereocenters. The molecule has 206 valence electrons. The number of aromatic amines is 1. The Balaban J connectivity index is 1.41. The number of sulfonamides is 1. The van der Waals surface area contributed by atoms with Crippen molar-refractivity contribution in [2.24, 2.45) is 5.92 Å². The smallest absolute Gasteiger partial charge is 0.307 e. The Morgan fingerprint density at radius 2 is 2.03 bits per heavy atom. The van der Waals surface area contributed by atoms with Gasteiger partial charge in [0.25, 0.3) is 5.56 Å². The highest BCUT2D eigenvalue weighted by Crippen LogP contribution is 2.37. The molecule has 11 nitrogen and oxygen atoms in total. The zero-order valence-electron chi connectivity index (χ0n) is 22.2. The number of H-pyrrole nitrogens is 1. The molecule has 0 radical (unpaired) electrons. The molecular formula is C27H32N6O5S. The highest BCUT2D eigenvalue weighted by molar-refractivity contribution is 7.89. The molecule has 0 spiro atoms. The van der Waals surface area contributed by atoms with Crippen molar-refractivity contribution in [3.05, 3.63) is 46.4 Å². The minimum atomic E-state index is -3.74. The maximum atomic E-state index is 13.1. The topological polar surface area (TPSA) is 150 Å². The molecule has 3 heterocycles. The summed E-state index contributed by atoms with van der Waals surface area (Å²) in [6, 6.07) is 8.94. The van der Waals surface area contributed by atoms with Crippen molar-refractivity contribution >= 4 is 38.4 Å². The van der Waals surface area contributed by atoms with E-state index in [2.05, 4.69) is 16.4 Å². The normalized spacial score (nSPS) is 20.9. The van der Waals surface area contributed by atoms with Crippen molar-refractivity contribution in [1.29, 1.82) is 5.26 Å². The lowest BCUT2D eigenvalue weighted by Crippen LogP contribution is -2.30. The molecule has 1 aromatic carbocycles. The quantitative estimate of drug-likeness (QED) is 0.436. The number of carbonyl (C=O) groups excluding carboxylic acids is 1. The highest BCUT2D eigenvalue weighted by atomic mass is 32.2. The van der Waals surface area contributed by atoms with Crippen LogP contribution in [-0.4, -0.2) is 45.6 Å². The number of aromatic nitrogens is 3. The number of carbonyl (C=O) groups is 1. The Kier molecular flexibility index (Phi) is 6.99. The van der Waals surface area contributed by atoms with Gasteiger partial charge in [-0.25, -0.2) is 8.42 Å². The van der Waals surface area contributed by atoms with Crippen LogP contribution in [0, 0.1) is 17.2 Å². The Bertz CT molecular complexity index is 1630. The van der Waals surface area contributed by atoms with E-state index in [9.17, 15) is 23.3 Å². The van der Waals surface area contributed by atoms with Crippen molar-refractivity contribution in [1.82, 2.24) is 19.1 Å². The van der Waals surface area contributed by atoms with Crippen LogP contribution in [0.2, 0.25) is 0 Å². The van der Waals surface area contributed by atoms with E-state index in [1.165, 1.54) is 10.4 Å². The van der Waals surface area contributed by atoms with Gasteiger partial charge in [0, 0.05) is 25.0 Å². The monoisotopic (exact) mass is 552 g/mol. The number of rotatable bonds is 6. The van der Waals surface area contributed by atoms with Gasteiger partial charge in [0.15, 0.2) is 5.82 Å². The Labute approximate surface area is 226 Å². The number of anilines is 2. The first-order valence-electron chi connectivity index (χ1n) is 13.1. The molecule has 1 fully saturated rings. The summed E-state index contributed by atoms with van der Waals surface area (Å²) in [4.78, 5) is 27.9. The number of nitrogens with zero attached hydrogens (tertiary/aromatic N) is 4. The summed E-state index contributed by atoms with van der Waals surface area (Å²) < 4.78 is 34.5. The third-order valence-electron chi connectivity index (χ3n) is 7.11. The summed E-state index contributed by atoms with van der Waals surface area (Å²) in [7, 11) is -3.74. The molecule has 0 amide bonds. The number of fused-ring (bicyclic) bond motifs is 2. The summed E-state index contributed by atoms with van der Waals surface area (Å²) in [6.45, 7) is 5.43. The number of esters is 1. The number of hydrogen-bond acceptors (Lipinski definition) is 8. The highest BCUT2D eigenvalue weighted by Gasteiger charge is 2.35. The predicted molar refractivity (Wildman–Crippen MR) is 145 cm³/mol. The van der Waals surface area contributed by atoms with Gasteiger partial charge >= 0.3 is 5.97 Å². The zero-order valence-corrected chi connectivity index (χ0v) is 23.0. The molecule has 2 atom stereocenters. The van der Waals surface area contributed by atoms with Crippen LogP contribution in [0.5, 0.6) is 0 Å². The van der Waals surface area contributed by atoms with E-state index in [0.717, 1.165) is 25.7 Å². The zero-order chi connectivity index (χ0) is 27.9. The molecule has 2 aliphatic rings. The van der Waals surface area contributed by atoms with E-state index >= 15 is 0 Å². The second-order valence-electron chi connectivity index (χ2n) is 11.1. The van der Waals surface area contributed by atoms with Crippen molar-refractivity contribution in [2.45, 2.75) is 76.0 Å². The molecular weight excluding hydrogens is 520 g/mol. The van der Waals surface area contributed by atoms with E-state index in [0.29, 0.717) is 28.0 Å². The van der Waals surface area contributed by atoms with Crippen LogP contribution < -0.4 is 10.9 Å². The Hall–Kier alpha value is -3.69. The van der Waals surface area contributed by atoms with Gasteiger partial charge in [0.05, 0.1) is 34.9 Å². The summed E-state index contributed by atoms with van der Waals surface area (Å²) in [5.74, 6) is -0.303. The van der Waals surface area contributed by atoms with Crippen LogP contribution in [0.15, 0.2) is 40.2 Å². The van der Waals surface area contributed by atoms with Crippen molar-refractivity contribution in [3.63, 3.8) is 0 Å². The first-order valence-corrected chi connectivity index (χ1v) is 14.5. The van der Waals surface area contributed by atoms with Gasteiger partial charge in [0.2, 0.25) is 10.0 Å². The number of nitrogens with one attached hydrogen (secondary N) is 2. The van der Waals surface area contributed by atoms with Gasteiger partial charge in [-0.2, -0.15) is 14.7 Å². The lowest BCUT2D eigenvalue weighted by Gasteiger charge is -2.27. The lowest BCUT2D eigenvalue weighted by molar-refractivity contribution is -0.154. The van der Waals surface area contributed by atoms with Crippen LogP contribution in [0.3, 0.4) is 0 Å². The molecule has 0 bridgehead atoms. The SMILES string of the molecule is CC(C)(C)OC(=O)CCN1Cc2cc(Nc3nn(C4CCCCC4C#N)c4cc[nH]c(=O)c34)ccc2S1(=O)=O. The molecule has 0 saturated heterocycles. The molecule has 1 saturated carbocycles. The minimum Gasteiger partial charge on any atom is -0.460 e. The molecule has 2 aromatic heterocycles. The van der Waals surface area contributed by atoms with Gasteiger partial charge < -0.3 is 15.0 Å². The first-order chi connectivity index (χ1) is 18.5. The Morgan fingerprint density at radius 1 is 1.26 bits per heavy atom. The van der Waals surface area contributed by atoms with Gasteiger partial charge in [-0.3, -0.25) is 14.3 Å². The molecule has 2 N–H and O–H groups in total. The third-order valence-corrected chi connectivity index (χ3v) is 9.06. The second-order valence-corrected chi connectivity index (χ2v) is 13.0. The average molecular weight is 553 g/mol. The van der Waals surface area contributed by atoms with Crippen LogP contribution in [-0.2, 0) is 26.1 Å². The Morgan fingerprint density at radius 3 is 2.77 bits per heavy atom. The number of ether oxygens (including phenoxy) is 1. The van der Waals surface area contributed by atoms with Gasteiger partial charge in [-0.1, -0.05) is 12.8 Å². The van der Waals surface area contributed by atoms with Crippen molar-refractivity contribution in [2.75, 3.05) is 11.9 Å². The van der Waals surface area contributed by atoms with E-state index in [4.69, 9.17) is 9.84 Å². The number of benzene rings is 1. The van der Waals surface area contributed by atoms with E-state index < -0.39 is 21.6 Å². The molecule has 39 heavy (non-hydrogen) atoms. The van der Waals surface area contributed by atoms with Gasteiger partial charge in [-0.15, -0.1) is 0 Å². The van der Waals surface area contributed by atoms with Crippen LogP contribution in [0.1, 0.15) is 64.5 Å². The fraction of sp³-hybridized carbons (Fsp3) is 0.481. The molecule has 3 aromatic rings. The number of nitriles is 1. The van der Waals surface area contributed by atoms with Gasteiger partial charge in [0.1, 0.15) is 11.0 Å². The van der Waals surface area contributed by atoms with Crippen molar-refractivity contribution in [3.8, 4) is 6.07 Å². The summed E-state index contributed by atoms with van der Waals surface area (Å²) in [6.07, 6.45) is 5.09. The molecule has 1 aliphatic heterocycles. The van der Waals surface area contributed by atoms with Crippen LogP contribution in [0.25, 0.3) is 10.9 Å². The summed E-state index contributed by atoms with van der Waals surface area (Å²) in [5, 5.41) is 18.0. The fourth-order valence-corrected chi connectivity index (χ4v) is 7.00. The van der Waals surface area contributed by atoms with E-state index in [1.54, 1.807) is 49.8 Å². The molecule has 12 heteroatoms. The minimum absolute atomic E-state index is 0.0144. The first kappa shape index (κ1) is 26.9. The lowest BCUT2D eigenvalue weighted by atomic mass is 9.85. The predicted octanol–water partition coefficient (Wildman–Crippen LogP) is 3.96. The maximum Gasteiger partial charge on any atom is 0.307 e. The molecule has 1 aliphatic carbocycles. The fourth-order valence-electron chi connectivity index (χ4n) is 5.39. The average Bonchev–Trinajstić information content (AvgIpc) is 3.36. The van der Waals surface area contributed by atoms with E-state index in [-0.39, 0.29) is 41.9 Å². The standard InChI is InChI=1S/C27H32N6O5S/c1-27(2,3)38-23(34)11-13-32-16-18-14-19(8-9-22(18)39(32,36)37)30-25-24-21(10-12-29-26(24)35)33(31-25)20-7-5-4-6-17(20)15-28/h8-10,12,14,17,20H,4-7,11,13,16H2,1-3H3,(H,29,35)(H,30,31). The molecule has 5 rings (SSSR count). The number of pyridine rings is 1. The van der Waals surface area contributed by atoms with Crippen LogP contribution in [0.4, 0.5) is 11.5 Å². The second kappa shape index (κ2) is 10.1. The summed E-state index contributed by atoms with van der Waals surface area (Å²) in [5.41, 5.74) is 0.857. The van der Waals surface area contributed by atoms with E-state index in [1.807, 2.05) is 0 Å². The van der Waals surface area contributed by atoms with Crippen LogP contribution >= 0.6 is 0 Å².